The van der Waals surface area contributed by atoms with Gasteiger partial charge in [-0.2, -0.15) is 0 Å². The molecule has 0 saturated carbocycles. The molecule has 0 N–H and O–H groups in total. The summed E-state index contributed by atoms with van der Waals surface area (Å²) in [6, 6.07) is 22.6. The lowest BCUT2D eigenvalue weighted by atomic mass is 10.0. The van der Waals surface area contributed by atoms with Gasteiger partial charge in [0.25, 0.3) is 5.69 Å². The van der Waals surface area contributed by atoms with E-state index in [9.17, 15) is 0 Å². The van der Waals surface area contributed by atoms with Crippen LogP contribution in [0.1, 0.15) is 0 Å². The number of oxazole rings is 1. The first-order valence-corrected chi connectivity index (χ1v) is 7.58. The van der Waals surface area contributed by atoms with Crippen LogP contribution in [0.3, 0.4) is 0 Å². The number of hydrogen-bond acceptors (Lipinski definition) is 2. The Kier molecular flexibility index (Phi) is 2.42. The van der Waals surface area contributed by atoms with Crippen molar-refractivity contribution < 1.29 is 13.6 Å². The maximum atomic E-state index is 6.17. The van der Waals surface area contributed by atoms with E-state index in [2.05, 4.69) is 34.7 Å². The minimum Gasteiger partial charge on any atom is -0.497 e. The molecule has 0 aliphatic carbocycles. The smallest absolute Gasteiger partial charge is 0.380 e. The third-order valence-corrected chi connectivity index (χ3v) is 4.41. The fourth-order valence-corrected chi connectivity index (χ4v) is 3.36. The molecule has 5 rings (SSSR count). The van der Waals surface area contributed by atoms with Crippen LogP contribution in [0.2, 0.25) is 0 Å². The summed E-state index contributed by atoms with van der Waals surface area (Å²) in [6.07, 6.45) is 0. The highest BCUT2D eigenvalue weighted by molar-refractivity contribution is 5.88. The molecule has 1 aliphatic rings. The van der Waals surface area contributed by atoms with Crippen LogP contribution < -0.4 is 9.14 Å². The van der Waals surface area contributed by atoms with Crippen LogP contribution in [-0.2, 0) is 0 Å². The number of nitrogens with zero attached hydrogens (tertiary/aromatic N) is 1. The fourth-order valence-electron chi connectivity index (χ4n) is 3.36. The quantitative estimate of drug-likeness (QED) is 0.453. The number of rotatable bonds is 2. The highest BCUT2D eigenvalue weighted by Crippen LogP contribution is 2.41. The molecule has 0 spiro atoms. The summed E-state index contributed by atoms with van der Waals surface area (Å²) in [7, 11) is 1.67. The first-order chi connectivity index (χ1) is 11.4. The second kappa shape index (κ2) is 4.46. The molecule has 0 saturated heterocycles. The van der Waals surface area contributed by atoms with Crippen molar-refractivity contribution in [2.24, 2.45) is 0 Å². The Bertz CT molecular complexity index is 1050. The van der Waals surface area contributed by atoms with Crippen LogP contribution in [0.25, 0.3) is 39.6 Å². The van der Waals surface area contributed by atoms with Gasteiger partial charge >= 0.3 is 5.71 Å². The normalized spacial score (nSPS) is 11.7. The highest BCUT2D eigenvalue weighted by atomic mass is 16.5. The summed E-state index contributed by atoms with van der Waals surface area (Å²) in [4.78, 5) is 0. The van der Waals surface area contributed by atoms with Gasteiger partial charge in [-0.3, -0.25) is 0 Å². The molecule has 3 heteroatoms. The van der Waals surface area contributed by atoms with Crippen molar-refractivity contribution in [3.05, 3.63) is 66.7 Å². The Labute approximate surface area is 133 Å². The second-order valence-corrected chi connectivity index (χ2v) is 5.64. The van der Waals surface area contributed by atoms with Crippen molar-refractivity contribution >= 4 is 5.71 Å². The molecule has 2 aromatic heterocycles. The molecule has 23 heavy (non-hydrogen) atoms. The Balaban J connectivity index is 1.84. The molecular formula is C20H14NO2+. The SMILES string of the molecule is COc1ccc(-c2oc3cccc4[n+]3c2-c2ccccc2-4)cc1. The van der Waals surface area contributed by atoms with Gasteiger partial charge in [-0.1, -0.05) is 12.1 Å². The van der Waals surface area contributed by atoms with E-state index in [0.717, 1.165) is 28.5 Å². The van der Waals surface area contributed by atoms with E-state index in [4.69, 9.17) is 9.15 Å². The third kappa shape index (κ3) is 1.62. The molecular weight excluding hydrogens is 286 g/mol. The summed E-state index contributed by atoms with van der Waals surface area (Å²) in [5.74, 6) is 1.74. The summed E-state index contributed by atoms with van der Waals surface area (Å²) < 4.78 is 13.6. The third-order valence-electron chi connectivity index (χ3n) is 4.41. The fraction of sp³-hybridized carbons (Fsp3) is 0.0500. The van der Waals surface area contributed by atoms with E-state index < -0.39 is 0 Å². The molecule has 4 aromatic rings. The van der Waals surface area contributed by atoms with Crippen molar-refractivity contribution in [1.82, 2.24) is 0 Å². The zero-order valence-electron chi connectivity index (χ0n) is 12.6. The van der Waals surface area contributed by atoms with Gasteiger partial charge in [0.2, 0.25) is 11.5 Å². The highest BCUT2D eigenvalue weighted by Gasteiger charge is 2.36. The number of fused-ring (bicyclic) bond motifs is 3. The number of benzene rings is 2. The first kappa shape index (κ1) is 12.5. The second-order valence-electron chi connectivity index (χ2n) is 5.64. The molecule has 2 aromatic carbocycles. The summed E-state index contributed by atoms with van der Waals surface area (Å²) in [5.41, 5.74) is 6.67. The van der Waals surface area contributed by atoms with E-state index in [0.29, 0.717) is 0 Å². The molecule has 0 atom stereocenters. The molecule has 0 radical (unpaired) electrons. The number of pyridine rings is 1. The van der Waals surface area contributed by atoms with Gasteiger partial charge in [0.1, 0.15) is 5.75 Å². The van der Waals surface area contributed by atoms with Gasteiger partial charge in [0.15, 0.2) is 0 Å². The molecule has 3 heterocycles. The molecule has 0 amide bonds. The summed E-state index contributed by atoms with van der Waals surface area (Å²) in [5, 5.41) is 0. The zero-order valence-corrected chi connectivity index (χ0v) is 12.6. The predicted octanol–water partition coefficient (Wildman–Crippen LogP) is 4.34. The van der Waals surface area contributed by atoms with E-state index in [1.54, 1.807) is 7.11 Å². The monoisotopic (exact) mass is 300 g/mol. The van der Waals surface area contributed by atoms with Crippen LogP contribution in [-0.4, -0.2) is 7.11 Å². The molecule has 0 bridgehead atoms. The number of ether oxygens (including phenoxy) is 1. The van der Waals surface area contributed by atoms with Gasteiger partial charge in [0, 0.05) is 11.6 Å². The Hall–Kier alpha value is -3.07. The van der Waals surface area contributed by atoms with Crippen molar-refractivity contribution in [3.8, 4) is 39.6 Å². The maximum absolute atomic E-state index is 6.17. The Morgan fingerprint density at radius 3 is 2.39 bits per heavy atom. The molecule has 1 aliphatic heterocycles. The molecule has 0 unspecified atom stereocenters. The zero-order chi connectivity index (χ0) is 15.4. The van der Waals surface area contributed by atoms with Crippen LogP contribution in [0, 0.1) is 0 Å². The minimum atomic E-state index is 0.843. The van der Waals surface area contributed by atoms with Crippen molar-refractivity contribution in [2.75, 3.05) is 7.11 Å². The van der Waals surface area contributed by atoms with Gasteiger partial charge in [-0.25, -0.2) is 0 Å². The van der Waals surface area contributed by atoms with Gasteiger partial charge in [0.05, 0.1) is 24.3 Å². The first-order valence-electron chi connectivity index (χ1n) is 7.58. The van der Waals surface area contributed by atoms with Gasteiger partial charge in [-0.05, 0) is 42.5 Å². The minimum absolute atomic E-state index is 0.843. The Morgan fingerprint density at radius 2 is 1.61 bits per heavy atom. The lowest BCUT2D eigenvalue weighted by molar-refractivity contribution is -0.485. The standard InChI is InChI=1S/C20H14NO2/c1-22-14-11-9-13(10-12-14)20-19-16-6-3-2-5-15(16)17-7-4-8-18(23-20)21(17)19/h2-12H,1H3/q+1. The predicted molar refractivity (Wildman–Crippen MR) is 88.3 cm³/mol. The van der Waals surface area contributed by atoms with E-state index in [-0.39, 0.29) is 0 Å². The van der Waals surface area contributed by atoms with Crippen molar-refractivity contribution in [2.45, 2.75) is 0 Å². The molecule has 0 fully saturated rings. The summed E-state index contributed by atoms with van der Waals surface area (Å²) >= 11 is 0. The topological polar surface area (TPSA) is 26.5 Å². The van der Waals surface area contributed by atoms with E-state index >= 15 is 0 Å². The number of methoxy groups -OCH3 is 1. The lowest BCUT2D eigenvalue weighted by Gasteiger charge is -2.01. The van der Waals surface area contributed by atoms with E-state index in [1.807, 2.05) is 36.4 Å². The Morgan fingerprint density at radius 1 is 0.826 bits per heavy atom. The van der Waals surface area contributed by atoms with E-state index in [1.165, 1.54) is 16.8 Å². The van der Waals surface area contributed by atoms with Crippen LogP contribution in [0.4, 0.5) is 0 Å². The molecule has 110 valence electrons. The average molecular weight is 300 g/mol. The van der Waals surface area contributed by atoms with Crippen molar-refractivity contribution in [1.29, 1.82) is 0 Å². The average Bonchev–Trinajstić information content (AvgIpc) is 3.16. The van der Waals surface area contributed by atoms with Crippen LogP contribution in [0.5, 0.6) is 5.75 Å². The lowest BCUT2D eigenvalue weighted by Crippen LogP contribution is -2.20. The largest absolute Gasteiger partial charge is 0.497 e. The maximum Gasteiger partial charge on any atom is 0.380 e. The van der Waals surface area contributed by atoms with Crippen LogP contribution >= 0.6 is 0 Å². The summed E-state index contributed by atoms with van der Waals surface area (Å²) in [6.45, 7) is 0. The number of aromatic nitrogens is 1. The molecule has 3 nitrogen and oxygen atoms in total. The van der Waals surface area contributed by atoms with Crippen molar-refractivity contribution in [3.63, 3.8) is 0 Å². The number of hydrogen-bond donors (Lipinski definition) is 0. The van der Waals surface area contributed by atoms with Gasteiger partial charge in [-0.15, -0.1) is 4.40 Å². The van der Waals surface area contributed by atoms with Crippen LogP contribution in [0.15, 0.2) is 71.1 Å². The van der Waals surface area contributed by atoms with Gasteiger partial charge < -0.3 is 9.15 Å².